The Kier molecular flexibility index (Phi) is 4.09. The van der Waals surface area contributed by atoms with Crippen molar-refractivity contribution >= 4 is 11.6 Å². The molecule has 106 valence electrons. The smallest absolute Gasteiger partial charge is 0.433 e. The standard InChI is InChI=1S/C13H14N2O5/c1-18-9-3-5-12(19-2)11(7-9)14-8-10-4-6-13(20-10)15(16)17/h3-7,14H,8H2,1-2H3. The summed E-state index contributed by atoms with van der Waals surface area (Å²) < 4.78 is 15.4. The molecule has 0 atom stereocenters. The first-order chi connectivity index (χ1) is 9.63. The summed E-state index contributed by atoms with van der Waals surface area (Å²) in [6.07, 6.45) is 0. The van der Waals surface area contributed by atoms with Crippen LogP contribution in [-0.4, -0.2) is 19.1 Å². The zero-order valence-electron chi connectivity index (χ0n) is 11.1. The predicted octanol–water partition coefficient (Wildman–Crippen LogP) is 2.82. The topological polar surface area (TPSA) is 86.8 Å². The van der Waals surface area contributed by atoms with E-state index in [9.17, 15) is 10.1 Å². The number of rotatable bonds is 6. The van der Waals surface area contributed by atoms with Crippen LogP contribution in [-0.2, 0) is 6.54 Å². The van der Waals surface area contributed by atoms with Gasteiger partial charge in [0.05, 0.1) is 32.5 Å². The van der Waals surface area contributed by atoms with Crippen molar-refractivity contribution in [2.45, 2.75) is 6.54 Å². The molecule has 0 aliphatic carbocycles. The first kappa shape index (κ1) is 13.7. The van der Waals surface area contributed by atoms with Gasteiger partial charge in [-0.3, -0.25) is 10.1 Å². The van der Waals surface area contributed by atoms with E-state index in [0.717, 1.165) is 0 Å². The molecule has 1 aromatic carbocycles. The lowest BCUT2D eigenvalue weighted by Crippen LogP contribution is -2.01. The van der Waals surface area contributed by atoms with Crippen molar-refractivity contribution in [3.63, 3.8) is 0 Å². The zero-order chi connectivity index (χ0) is 14.5. The third kappa shape index (κ3) is 3.00. The van der Waals surface area contributed by atoms with Gasteiger partial charge in [-0.1, -0.05) is 0 Å². The Morgan fingerprint density at radius 3 is 2.65 bits per heavy atom. The second-order valence-electron chi connectivity index (χ2n) is 3.92. The number of methoxy groups -OCH3 is 2. The molecule has 0 aliphatic rings. The molecule has 20 heavy (non-hydrogen) atoms. The van der Waals surface area contributed by atoms with Crippen LogP contribution in [0.1, 0.15) is 5.76 Å². The number of hydrogen-bond donors (Lipinski definition) is 1. The van der Waals surface area contributed by atoms with Crippen LogP contribution in [0.15, 0.2) is 34.7 Å². The molecule has 2 aromatic rings. The van der Waals surface area contributed by atoms with Gasteiger partial charge in [-0.15, -0.1) is 0 Å². The van der Waals surface area contributed by atoms with Crippen molar-refractivity contribution < 1.29 is 18.8 Å². The number of ether oxygens (including phenoxy) is 2. The highest BCUT2D eigenvalue weighted by atomic mass is 16.6. The van der Waals surface area contributed by atoms with Crippen molar-refractivity contribution in [2.24, 2.45) is 0 Å². The van der Waals surface area contributed by atoms with Gasteiger partial charge in [-0.2, -0.15) is 0 Å². The van der Waals surface area contributed by atoms with Gasteiger partial charge in [0.15, 0.2) is 0 Å². The van der Waals surface area contributed by atoms with Gasteiger partial charge in [-0.05, 0) is 18.2 Å². The van der Waals surface area contributed by atoms with Crippen LogP contribution in [0.3, 0.4) is 0 Å². The highest BCUT2D eigenvalue weighted by Crippen LogP contribution is 2.29. The van der Waals surface area contributed by atoms with E-state index in [2.05, 4.69) is 5.32 Å². The molecule has 0 fully saturated rings. The SMILES string of the molecule is COc1ccc(OC)c(NCc2ccc([N+](=O)[O-])o2)c1. The van der Waals surface area contributed by atoms with Crippen LogP contribution in [0, 0.1) is 10.1 Å². The van der Waals surface area contributed by atoms with E-state index in [1.54, 1.807) is 38.5 Å². The Hall–Kier alpha value is -2.70. The summed E-state index contributed by atoms with van der Waals surface area (Å²) >= 11 is 0. The lowest BCUT2D eigenvalue weighted by atomic mass is 10.2. The normalized spacial score (nSPS) is 10.1. The Labute approximate surface area is 115 Å². The van der Waals surface area contributed by atoms with E-state index in [0.29, 0.717) is 29.5 Å². The average molecular weight is 278 g/mol. The fraction of sp³-hybridized carbons (Fsp3) is 0.231. The molecule has 7 nitrogen and oxygen atoms in total. The first-order valence-electron chi connectivity index (χ1n) is 5.83. The first-order valence-corrected chi connectivity index (χ1v) is 5.83. The van der Waals surface area contributed by atoms with E-state index in [1.807, 2.05) is 0 Å². The van der Waals surface area contributed by atoms with E-state index < -0.39 is 4.92 Å². The van der Waals surface area contributed by atoms with Gasteiger partial charge in [0.25, 0.3) is 0 Å². The molecular formula is C13H14N2O5. The van der Waals surface area contributed by atoms with Crippen molar-refractivity contribution in [2.75, 3.05) is 19.5 Å². The second-order valence-corrected chi connectivity index (χ2v) is 3.92. The number of anilines is 1. The van der Waals surface area contributed by atoms with Crippen molar-refractivity contribution in [1.29, 1.82) is 0 Å². The monoisotopic (exact) mass is 278 g/mol. The molecule has 0 aliphatic heterocycles. The predicted molar refractivity (Wildman–Crippen MR) is 72.2 cm³/mol. The lowest BCUT2D eigenvalue weighted by Gasteiger charge is -2.11. The molecule has 2 rings (SSSR count). The fourth-order valence-corrected chi connectivity index (χ4v) is 1.69. The van der Waals surface area contributed by atoms with Crippen LogP contribution in [0.4, 0.5) is 11.6 Å². The van der Waals surface area contributed by atoms with Crippen molar-refractivity contribution in [1.82, 2.24) is 0 Å². The van der Waals surface area contributed by atoms with Crippen molar-refractivity contribution in [3.05, 3.63) is 46.2 Å². The molecule has 0 bridgehead atoms. The number of nitrogens with zero attached hydrogens (tertiary/aromatic N) is 1. The summed E-state index contributed by atoms with van der Waals surface area (Å²) in [5.41, 5.74) is 0.714. The minimum Gasteiger partial charge on any atom is -0.497 e. The van der Waals surface area contributed by atoms with Gasteiger partial charge >= 0.3 is 5.88 Å². The highest BCUT2D eigenvalue weighted by Gasteiger charge is 2.12. The maximum atomic E-state index is 10.5. The summed E-state index contributed by atoms with van der Waals surface area (Å²) in [5, 5.41) is 13.6. The Morgan fingerprint density at radius 1 is 1.25 bits per heavy atom. The van der Waals surface area contributed by atoms with Crippen LogP contribution >= 0.6 is 0 Å². The molecule has 0 spiro atoms. The van der Waals surface area contributed by atoms with Gasteiger partial charge in [0, 0.05) is 6.07 Å². The molecule has 1 heterocycles. The molecule has 0 saturated carbocycles. The van der Waals surface area contributed by atoms with Gasteiger partial charge in [-0.25, -0.2) is 0 Å². The maximum absolute atomic E-state index is 10.5. The number of benzene rings is 1. The number of furan rings is 1. The van der Waals surface area contributed by atoms with E-state index >= 15 is 0 Å². The van der Waals surface area contributed by atoms with Crippen LogP contribution in [0.2, 0.25) is 0 Å². The van der Waals surface area contributed by atoms with Gasteiger partial charge < -0.3 is 19.2 Å². The number of nitrogens with one attached hydrogen (secondary N) is 1. The van der Waals surface area contributed by atoms with Crippen LogP contribution in [0.5, 0.6) is 11.5 Å². The lowest BCUT2D eigenvalue weighted by molar-refractivity contribution is -0.402. The maximum Gasteiger partial charge on any atom is 0.433 e. The van der Waals surface area contributed by atoms with E-state index in [1.165, 1.54) is 6.07 Å². The fourth-order valence-electron chi connectivity index (χ4n) is 1.69. The van der Waals surface area contributed by atoms with Crippen molar-refractivity contribution in [3.8, 4) is 11.5 Å². The third-order valence-corrected chi connectivity index (χ3v) is 2.69. The summed E-state index contributed by atoms with van der Waals surface area (Å²) in [4.78, 5) is 9.95. The Morgan fingerprint density at radius 2 is 2.05 bits per heavy atom. The summed E-state index contributed by atoms with van der Waals surface area (Å²) in [7, 11) is 3.13. The molecule has 1 aromatic heterocycles. The minimum atomic E-state index is -0.574. The zero-order valence-corrected chi connectivity index (χ0v) is 11.1. The minimum absolute atomic E-state index is 0.278. The molecule has 0 radical (unpaired) electrons. The Balaban J connectivity index is 2.10. The number of hydrogen-bond acceptors (Lipinski definition) is 6. The van der Waals surface area contributed by atoms with Crippen LogP contribution < -0.4 is 14.8 Å². The van der Waals surface area contributed by atoms with Gasteiger partial charge in [0.1, 0.15) is 22.2 Å². The van der Waals surface area contributed by atoms with Gasteiger partial charge in [0.2, 0.25) is 0 Å². The average Bonchev–Trinajstić information content (AvgIpc) is 2.93. The Bertz CT molecular complexity index is 609. The quantitative estimate of drug-likeness (QED) is 0.645. The molecule has 7 heteroatoms. The second kappa shape index (κ2) is 5.96. The summed E-state index contributed by atoms with van der Waals surface area (Å²) in [6, 6.07) is 8.20. The van der Waals surface area contributed by atoms with Crippen LogP contribution in [0.25, 0.3) is 0 Å². The largest absolute Gasteiger partial charge is 0.497 e. The third-order valence-electron chi connectivity index (χ3n) is 2.69. The molecule has 0 amide bonds. The highest BCUT2D eigenvalue weighted by molar-refractivity contribution is 5.59. The molecular weight excluding hydrogens is 264 g/mol. The molecule has 1 N–H and O–H groups in total. The summed E-state index contributed by atoms with van der Waals surface area (Å²) in [6.45, 7) is 0.303. The van der Waals surface area contributed by atoms with E-state index in [-0.39, 0.29) is 5.88 Å². The van der Waals surface area contributed by atoms with E-state index in [4.69, 9.17) is 13.9 Å². The molecule has 0 unspecified atom stereocenters. The summed E-state index contributed by atoms with van der Waals surface area (Å²) in [5.74, 6) is 1.51. The molecule has 0 saturated heterocycles. The number of nitro groups is 1.